The van der Waals surface area contributed by atoms with Crippen LogP contribution in [0.3, 0.4) is 0 Å². The summed E-state index contributed by atoms with van der Waals surface area (Å²) in [6.45, 7) is 26.4. The third-order valence-electron chi connectivity index (χ3n) is 13.9. The number of aromatic hydroxyl groups is 2. The molecule has 24 heteroatoms. The first-order chi connectivity index (χ1) is 38.1. The van der Waals surface area contributed by atoms with E-state index in [-0.39, 0.29) is 38.6 Å². The fourth-order valence-electron chi connectivity index (χ4n) is 8.35. The van der Waals surface area contributed by atoms with Gasteiger partial charge >= 0.3 is 34.4 Å². The second-order valence-corrected chi connectivity index (χ2v) is 27.9. The number of aliphatic hydroxyl groups excluding tert-OH is 7. The minimum atomic E-state index is -2.61. The minimum absolute atomic E-state index is 0.108. The molecule has 0 saturated carbocycles. The van der Waals surface area contributed by atoms with Crippen molar-refractivity contribution < 1.29 is 98.8 Å². The Morgan fingerprint density at radius 1 is 0.361 bits per heavy atom. The van der Waals surface area contributed by atoms with E-state index in [1.165, 1.54) is 0 Å². The Labute approximate surface area is 494 Å². The van der Waals surface area contributed by atoms with Crippen LogP contribution in [0.25, 0.3) is 11.1 Å². The number of rotatable bonds is 17. The van der Waals surface area contributed by atoms with E-state index in [0.29, 0.717) is 11.1 Å². The van der Waals surface area contributed by atoms with E-state index >= 15 is 0 Å². The lowest BCUT2D eigenvalue weighted by Gasteiger charge is -2.49. The highest BCUT2D eigenvalue weighted by atomic mass is 31.2. The van der Waals surface area contributed by atoms with E-state index in [9.17, 15) is 30.6 Å². The van der Waals surface area contributed by atoms with Crippen molar-refractivity contribution >= 4 is 34.4 Å². The molecule has 0 bridgehead atoms. The summed E-state index contributed by atoms with van der Waals surface area (Å²) in [4.78, 5) is 62.5. The molecule has 0 radical (unpaired) electrons. The zero-order chi connectivity index (χ0) is 64.3. The predicted octanol–water partition coefficient (Wildman–Crippen LogP) is 7.96. The fourth-order valence-corrected chi connectivity index (χ4v) is 9.40. The Balaban J connectivity index is 0.000000626. The van der Waals surface area contributed by atoms with E-state index in [1.54, 1.807) is 18.2 Å². The van der Waals surface area contributed by atoms with Crippen LogP contribution in [0.5, 0.6) is 11.5 Å². The lowest BCUT2D eigenvalue weighted by molar-refractivity contribution is -0.137. The van der Waals surface area contributed by atoms with Crippen molar-refractivity contribution in [3.63, 3.8) is 0 Å². The molecule has 0 fully saturated rings. The van der Waals surface area contributed by atoms with Gasteiger partial charge in [0.05, 0.1) is 57.1 Å². The normalized spacial score (nSPS) is 12.7. The lowest BCUT2D eigenvalue weighted by atomic mass is 9.60. The molecular weight excluding hydrogens is 1150 g/mol. The number of hydrogen-bond donors (Lipinski definition) is 18. The van der Waals surface area contributed by atoms with E-state index in [1.807, 2.05) is 78.9 Å². The SMILES string of the molecule is CC(C)(C)c1ccc(C(O)(c2ccc(C(C)(C)C)cc2C(C)(C)C)C(CO)(CO)CO)c(C(C)(C)C)c1.CC(C)(c1ccc(O)cc1)c1ccc(O)c(-c2ccccc2)c1.OCC(CO)(CO)CO.OP(O)OP(O)O.OP(O)OP(O)O. The molecule has 0 unspecified atom stereocenters. The van der Waals surface area contributed by atoms with E-state index in [0.717, 1.165) is 44.5 Å². The molecule has 0 aliphatic rings. The van der Waals surface area contributed by atoms with Gasteiger partial charge in [0, 0.05) is 11.0 Å². The fraction of sp³-hybridized carbons (Fsp3) is 0.492. The number of hydrogen-bond acceptors (Lipinski definition) is 20. The third-order valence-corrected chi connectivity index (χ3v) is 16.2. The summed E-state index contributed by atoms with van der Waals surface area (Å²) in [6, 6.07) is 35.1. The van der Waals surface area contributed by atoms with Crippen LogP contribution in [0.2, 0.25) is 0 Å². The lowest BCUT2D eigenvalue weighted by Crippen LogP contribution is -2.55. The summed E-state index contributed by atoms with van der Waals surface area (Å²) in [5.41, 5.74) is 3.56. The molecule has 0 spiro atoms. The molecule has 0 aromatic heterocycles. The van der Waals surface area contributed by atoms with Gasteiger partial charge in [0.1, 0.15) is 17.1 Å². The summed E-state index contributed by atoms with van der Waals surface area (Å²) in [7, 11) is -10.4. The molecule has 20 nitrogen and oxygen atoms in total. The maximum absolute atomic E-state index is 13.1. The van der Waals surface area contributed by atoms with Gasteiger partial charge in [0.25, 0.3) is 0 Å². The maximum atomic E-state index is 13.1. The van der Waals surface area contributed by atoms with Crippen LogP contribution in [0, 0.1) is 10.8 Å². The highest BCUT2D eigenvalue weighted by molar-refractivity contribution is 7.53. The van der Waals surface area contributed by atoms with Gasteiger partial charge in [-0.05, 0) is 96.0 Å². The Morgan fingerprint density at radius 2 is 0.699 bits per heavy atom. The second kappa shape index (κ2) is 33.2. The van der Waals surface area contributed by atoms with Crippen molar-refractivity contribution in [1.82, 2.24) is 0 Å². The first kappa shape index (κ1) is 77.7. The number of phenols is 2. The van der Waals surface area contributed by atoms with Crippen molar-refractivity contribution in [2.24, 2.45) is 10.8 Å². The summed E-state index contributed by atoms with van der Waals surface area (Å²) < 4.78 is 7.20. The summed E-state index contributed by atoms with van der Waals surface area (Å²) in [6.07, 6.45) is 0. The zero-order valence-electron chi connectivity index (χ0n) is 50.0. The predicted molar refractivity (Wildman–Crippen MR) is 327 cm³/mol. The number of aliphatic hydroxyl groups is 8. The van der Waals surface area contributed by atoms with Crippen molar-refractivity contribution in [3.8, 4) is 22.6 Å². The van der Waals surface area contributed by atoms with Crippen LogP contribution < -0.4 is 0 Å². The molecule has 0 heterocycles. The minimum Gasteiger partial charge on any atom is -0.508 e. The number of phenolic OH excluding ortho intramolecular Hbond substituents is 2. The van der Waals surface area contributed by atoms with E-state index in [2.05, 4.69) is 118 Å². The Hall–Kier alpha value is -3.30. The average Bonchev–Trinajstić information content (AvgIpc) is 1.89. The standard InChI is InChI=1S/C33H52O4.C21H20O2.C5H12O4.2H4O5P2/c1-28(2,3)22-13-15-24(26(17-22)30(7,8)9)33(37,32(19-34,20-35)21-36)25-16-14-23(29(4,5)6)18-27(25)31(10,11)12;1-21(2,16-8-11-18(22)12-9-16)17-10-13-20(23)19(14-17)15-6-4-3-5-7-15;6-1-5(2-7,3-8)4-9;2*1-6(2)5-7(3)4/h13-18,34-37H,19-21H2,1-12H3;3-14,22-23H,1-2H3;6-9H,1-4H2;2*1-4H. The molecule has 0 saturated heterocycles. The quantitative estimate of drug-likeness (QED) is 0.0392. The molecule has 0 aliphatic carbocycles. The van der Waals surface area contributed by atoms with Crippen LogP contribution in [0.15, 0.2) is 109 Å². The zero-order valence-corrected chi connectivity index (χ0v) is 53.6. The van der Waals surface area contributed by atoms with Crippen molar-refractivity contribution in [2.75, 3.05) is 46.2 Å². The number of benzene rings is 5. The van der Waals surface area contributed by atoms with Gasteiger partial charge < -0.3 is 90.2 Å². The topological polar surface area (TPSA) is 383 Å². The van der Waals surface area contributed by atoms with Gasteiger partial charge in [-0.2, -0.15) is 0 Å². The monoisotopic (exact) mass is 1240 g/mol. The van der Waals surface area contributed by atoms with Crippen LogP contribution >= 0.6 is 34.4 Å². The first-order valence-electron chi connectivity index (χ1n) is 26.1. The highest BCUT2D eigenvalue weighted by Gasteiger charge is 2.55. The van der Waals surface area contributed by atoms with E-state index < -0.39 is 97.1 Å². The third kappa shape index (κ3) is 22.4. The first-order valence-corrected chi connectivity index (χ1v) is 30.8. The molecule has 0 atom stereocenters. The molecule has 5 aromatic rings. The smallest absolute Gasteiger partial charge is 0.334 e. The van der Waals surface area contributed by atoms with Crippen molar-refractivity contribution in [2.45, 2.75) is 130 Å². The van der Waals surface area contributed by atoms with Gasteiger partial charge in [0.2, 0.25) is 0 Å². The van der Waals surface area contributed by atoms with Gasteiger partial charge in [-0.15, -0.1) is 0 Å². The Bertz CT molecular complexity index is 2540. The van der Waals surface area contributed by atoms with Gasteiger partial charge in [-0.1, -0.05) is 182 Å². The average molecular weight is 1250 g/mol. The Kier molecular flexibility index (Phi) is 31.0. The maximum Gasteiger partial charge on any atom is 0.334 e. The summed E-state index contributed by atoms with van der Waals surface area (Å²) in [5.74, 6) is 0.543. The summed E-state index contributed by atoms with van der Waals surface area (Å²) in [5, 5.41) is 98.9. The summed E-state index contributed by atoms with van der Waals surface area (Å²) >= 11 is 0. The highest BCUT2D eigenvalue weighted by Crippen LogP contribution is 2.52. The van der Waals surface area contributed by atoms with Crippen molar-refractivity contribution in [3.05, 3.63) is 154 Å². The molecule has 18 N–H and O–H groups in total. The van der Waals surface area contributed by atoms with Gasteiger partial charge in [-0.25, -0.2) is 8.62 Å². The molecule has 83 heavy (non-hydrogen) atoms. The van der Waals surface area contributed by atoms with E-state index in [4.69, 9.17) is 59.6 Å². The second-order valence-electron chi connectivity index (χ2n) is 24.6. The Morgan fingerprint density at radius 3 is 0.976 bits per heavy atom. The molecule has 0 aliphatic heterocycles. The van der Waals surface area contributed by atoms with Crippen LogP contribution in [0.4, 0.5) is 0 Å². The van der Waals surface area contributed by atoms with Gasteiger partial charge in [-0.3, -0.25) is 0 Å². The largest absolute Gasteiger partial charge is 0.508 e. The molecule has 5 aromatic carbocycles. The molecular formula is C59H92O20P4. The molecule has 468 valence electrons. The molecule has 0 amide bonds. The van der Waals surface area contributed by atoms with Crippen LogP contribution in [-0.4, -0.2) is 136 Å². The van der Waals surface area contributed by atoms with Crippen LogP contribution in [0.1, 0.15) is 141 Å². The van der Waals surface area contributed by atoms with Gasteiger partial charge in [0.15, 0.2) is 0 Å². The van der Waals surface area contributed by atoms with Crippen LogP contribution in [-0.2, 0) is 41.3 Å². The molecule has 5 rings (SSSR count). The van der Waals surface area contributed by atoms with Crippen molar-refractivity contribution in [1.29, 1.82) is 0 Å².